The number of morpholine rings is 1. The Bertz CT molecular complexity index is 1260. The first-order valence-electron chi connectivity index (χ1n) is 13.4. The molecule has 0 bridgehead atoms. The second-order valence-corrected chi connectivity index (χ2v) is 10.7. The van der Waals surface area contributed by atoms with Crippen LogP contribution in [0.4, 0.5) is 36.2 Å². The Labute approximate surface area is 231 Å². The maximum Gasteiger partial charge on any atom is 0.408 e. The molecule has 2 aromatic rings. The van der Waals surface area contributed by atoms with Crippen LogP contribution in [-0.2, 0) is 26.3 Å². The summed E-state index contributed by atoms with van der Waals surface area (Å²) in [7, 11) is 1.68. The first-order valence-corrected chi connectivity index (χ1v) is 13.4. The van der Waals surface area contributed by atoms with E-state index in [1.54, 1.807) is 25.8 Å². The molecule has 0 saturated carbocycles. The summed E-state index contributed by atoms with van der Waals surface area (Å²) >= 11 is 0. The average Bonchev–Trinajstić information content (AvgIpc) is 3.16. The molecular formula is C27H34F3N7O3. The topological polar surface area (TPSA) is 107 Å². The fourth-order valence-corrected chi connectivity index (χ4v) is 5.56. The zero-order valence-electron chi connectivity index (χ0n) is 22.8. The van der Waals surface area contributed by atoms with Gasteiger partial charge in [-0.2, -0.15) is 13.2 Å². The van der Waals surface area contributed by atoms with Gasteiger partial charge in [-0.05, 0) is 57.4 Å². The molecule has 13 heteroatoms. The van der Waals surface area contributed by atoms with E-state index in [9.17, 15) is 18.0 Å². The van der Waals surface area contributed by atoms with E-state index in [1.807, 2.05) is 24.3 Å². The Balaban J connectivity index is 1.41. The normalized spacial score (nSPS) is 20.9. The van der Waals surface area contributed by atoms with Crippen LogP contribution in [0.1, 0.15) is 44.5 Å². The Morgan fingerprint density at radius 3 is 2.45 bits per heavy atom. The van der Waals surface area contributed by atoms with Gasteiger partial charge in [0.15, 0.2) is 12.4 Å². The molecule has 216 valence electrons. The molecule has 3 aliphatic rings. The largest absolute Gasteiger partial charge is 0.457 e. The van der Waals surface area contributed by atoms with Gasteiger partial charge in [-0.3, -0.25) is 15.1 Å². The smallest absolute Gasteiger partial charge is 0.408 e. The number of benzene rings is 1. The molecule has 2 fully saturated rings. The number of nitrogens with zero attached hydrogens (tertiary/aromatic N) is 5. The maximum absolute atomic E-state index is 13.7. The third-order valence-electron chi connectivity index (χ3n) is 7.71. The van der Waals surface area contributed by atoms with Crippen LogP contribution in [0, 0.1) is 5.41 Å². The highest BCUT2D eigenvalue weighted by Crippen LogP contribution is 2.47. The fraction of sp³-hybridized carbons (Fsp3) is 0.556. The number of rotatable bonds is 5. The van der Waals surface area contributed by atoms with Crippen molar-refractivity contribution in [2.24, 2.45) is 0 Å². The molecular weight excluding hydrogens is 527 g/mol. The lowest BCUT2D eigenvalue weighted by atomic mass is 9.87. The van der Waals surface area contributed by atoms with Crippen LogP contribution in [0.2, 0.25) is 0 Å². The van der Waals surface area contributed by atoms with Crippen LogP contribution in [0.25, 0.3) is 0 Å². The minimum atomic E-state index is -4.46. The maximum atomic E-state index is 13.7. The molecule has 10 nitrogen and oxygen atoms in total. The minimum absolute atomic E-state index is 0.0784. The highest BCUT2D eigenvalue weighted by molar-refractivity contribution is 6.12. The number of carbonyl (C=O) groups excluding carboxylic acids is 1. The van der Waals surface area contributed by atoms with Gasteiger partial charge in [-0.15, -0.1) is 0 Å². The molecule has 0 aliphatic carbocycles. The Hall–Kier alpha value is -3.61. The van der Waals surface area contributed by atoms with Crippen molar-refractivity contribution >= 4 is 34.9 Å². The summed E-state index contributed by atoms with van der Waals surface area (Å²) < 4.78 is 51.5. The van der Waals surface area contributed by atoms with Crippen molar-refractivity contribution in [3.05, 3.63) is 35.7 Å². The van der Waals surface area contributed by atoms with Gasteiger partial charge in [0.05, 0.1) is 29.9 Å². The van der Waals surface area contributed by atoms with Gasteiger partial charge in [0.1, 0.15) is 17.7 Å². The summed E-state index contributed by atoms with van der Waals surface area (Å²) in [6.07, 6.45) is -3.54. The van der Waals surface area contributed by atoms with Gasteiger partial charge in [-0.1, -0.05) is 0 Å². The van der Waals surface area contributed by atoms with Crippen LogP contribution < -0.4 is 15.1 Å². The molecule has 5 rings (SSSR count). The van der Waals surface area contributed by atoms with E-state index < -0.39 is 23.7 Å². The van der Waals surface area contributed by atoms with Crippen LogP contribution in [-0.4, -0.2) is 78.9 Å². The van der Waals surface area contributed by atoms with Crippen molar-refractivity contribution in [3.63, 3.8) is 0 Å². The van der Waals surface area contributed by atoms with Crippen LogP contribution >= 0.6 is 0 Å². The lowest BCUT2D eigenvalue weighted by Gasteiger charge is -2.37. The number of anilines is 4. The number of hydrogen-bond acceptors (Lipinski definition) is 8. The lowest BCUT2D eigenvalue weighted by Crippen LogP contribution is -2.51. The zero-order valence-corrected chi connectivity index (χ0v) is 22.8. The molecule has 0 spiro atoms. The second kappa shape index (κ2) is 10.8. The third-order valence-corrected chi connectivity index (χ3v) is 7.71. The first-order chi connectivity index (χ1) is 19.0. The number of amides is 1. The molecule has 1 aromatic carbocycles. The quantitative estimate of drug-likeness (QED) is 0.414. The summed E-state index contributed by atoms with van der Waals surface area (Å²) in [5.74, 6) is 0.769. The summed E-state index contributed by atoms with van der Waals surface area (Å²) in [6, 6.07) is 5.34. The molecule has 1 aromatic heterocycles. The van der Waals surface area contributed by atoms with Gasteiger partial charge in [0, 0.05) is 32.4 Å². The number of alkyl halides is 3. The average molecular weight is 562 g/mol. The van der Waals surface area contributed by atoms with E-state index in [-0.39, 0.29) is 31.3 Å². The van der Waals surface area contributed by atoms with E-state index in [0.717, 1.165) is 23.7 Å². The van der Waals surface area contributed by atoms with E-state index >= 15 is 0 Å². The first kappa shape index (κ1) is 27.9. The summed E-state index contributed by atoms with van der Waals surface area (Å²) in [6.45, 7) is 6.28. The molecule has 0 radical (unpaired) electrons. The minimum Gasteiger partial charge on any atom is -0.457 e. The molecule has 1 amide bonds. The third kappa shape index (κ3) is 5.14. The Kier molecular flexibility index (Phi) is 7.51. The summed E-state index contributed by atoms with van der Waals surface area (Å²) in [5, 5.41) is 11.3. The zero-order chi connectivity index (χ0) is 28.7. The highest BCUT2D eigenvalue weighted by atomic mass is 19.4. The molecule has 2 N–H and O–H groups in total. The van der Waals surface area contributed by atoms with Crippen LogP contribution in [0.3, 0.4) is 0 Å². The van der Waals surface area contributed by atoms with Crippen molar-refractivity contribution in [2.75, 3.05) is 55.0 Å². The number of ether oxygens (including phenoxy) is 2. The van der Waals surface area contributed by atoms with Crippen LogP contribution in [0.15, 0.2) is 24.3 Å². The van der Waals surface area contributed by atoms with Crippen molar-refractivity contribution < 1.29 is 27.4 Å². The number of piperidine rings is 1. The van der Waals surface area contributed by atoms with E-state index in [1.165, 1.54) is 0 Å². The summed E-state index contributed by atoms with van der Waals surface area (Å²) in [5.41, 5.74) is 1.34. The van der Waals surface area contributed by atoms with Gasteiger partial charge in [-0.25, -0.2) is 9.97 Å². The number of carbonyl (C=O) groups is 1. The van der Waals surface area contributed by atoms with Crippen molar-refractivity contribution in [3.8, 4) is 0 Å². The molecule has 3 aliphatic heterocycles. The number of likely N-dealkylation sites (tertiary alicyclic amines) is 1. The predicted octanol–water partition coefficient (Wildman–Crippen LogP) is 4.18. The number of aromatic nitrogens is 2. The van der Waals surface area contributed by atoms with Crippen molar-refractivity contribution in [1.82, 2.24) is 14.9 Å². The molecule has 1 unspecified atom stereocenters. The summed E-state index contributed by atoms with van der Waals surface area (Å²) in [4.78, 5) is 27.5. The van der Waals surface area contributed by atoms with Gasteiger partial charge in [0.25, 0.3) is 6.02 Å². The predicted molar refractivity (Wildman–Crippen MR) is 144 cm³/mol. The Morgan fingerprint density at radius 2 is 1.80 bits per heavy atom. The molecule has 40 heavy (non-hydrogen) atoms. The SMILES string of the molecule is CNc1nc(COC(=N)N2CCCCC2C(F)(F)F)nc2c1C(C)(C)C(=O)N2c1ccc(N2CCOCC2)cc1. The van der Waals surface area contributed by atoms with E-state index in [4.69, 9.17) is 14.9 Å². The van der Waals surface area contributed by atoms with E-state index in [0.29, 0.717) is 48.9 Å². The van der Waals surface area contributed by atoms with Crippen molar-refractivity contribution in [1.29, 1.82) is 5.41 Å². The number of hydrogen-bond donors (Lipinski definition) is 2. The molecule has 2 saturated heterocycles. The van der Waals surface area contributed by atoms with Gasteiger partial charge in [0.2, 0.25) is 5.91 Å². The highest BCUT2D eigenvalue weighted by Gasteiger charge is 2.49. The van der Waals surface area contributed by atoms with E-state index in [2.05, 4.69) is 20.2 Å². The number of fused-ring (bicyclic) bond motifs is 1. The molecule has 1 atom stereocenters. The standard InChI is InChI=1S/C27H34F3N7O3/c1-26(2)21-22(32-3)33-20(16-40-25(31)36-11-5-4-6-19(36)27(28,29)30)34-23(21)37(24(26)38)18-9-7-17(8-10-18)35-12-14-39-15-13-35/h7-10,19,31H,4-6,11-16H2,1-3H3,(H,32,33,34). The van der Waals surface area contributed by atoms with Gasteiger partial charge >= 0.3 is 6.18 Å². The number of halogens is 3. The van der Waals surface area contributed by atoms with Crippen molar-refractivity contribution in [2.45, 2.75) is 57.3 Å². The van der Waals surface area contributed by atoms with Gasteiger partial charge < -0.3 is 24.6 Å². The Morgan fingerprint density at radius 1 is 1.12 bits per heavy atom. The fourth-order valence-electron chi connectivity index (χ4n) is 5.56. The number of amidine groups is 1. The van der Waals surface area contributed by atoms with Crippen LogP contribution in [0.5, 0.6) is 0 Å². The second-order valence-electron chi connectivity index (χ2n) is 10.7. The monoisotopic (exact) mass is 561 g/mol. The lowest BCUT2D eigenvalue weighted by molar-refractivity contribution is -0.182. The number of nitrogens with one attached hydrogen (secondary N) is 2. The molecule has 4 heterocycles.